The molecule has 1 amide bonds. The Kier molecular flexibility index (Phi) is 3.31. The molecule has 1 aliphatic heterocycles. The molecule has 1 aromatic heterocycles. The van der Waals surface area contributed by atoms with Crippen LogP contribution >= 0.6 is 0 Å². The van der Waals surface area contributed by atoms with E-state index in [0.29, 0.717) is 12.5 Å². The van der Waals surface area contributed by atoms with Crippen LogP contribution in [0.1, 0.15) is 31.9 Å². The molecule has 3 rings (SSSR count). The quantitative estimate of drug-likeness (QED) is 0.866. The molecule has 5 nitrogen and oxygen atoms in total. The molecule has 0 bridgehead atoms. The Labute approximate surface area is 113 Å². The van der Waals surface area contributed by atoms with Gasteiger partial charge >= 0.3 is 0 Å². The maximum absolute atomic E-state index is 12.6. The summed E-state index contributed by atoms with van der Waals surface area (Å²) in [6.07, 6.45) is 4.54. The average molecular weight is 263 g/mol. The van der Waals surface area contributed by atoms with Gasteiger partial charge in [-0.25, -0.2) is 0 Å². The van der Waals surface area contributed by atoms with Crippen molar-refractivity contribution in [1.82, 2.24) is 14.7 Å². The van der Waals surface area contributed by atoms with Crippen molar-refractivity contribution in [2.24, 2.45) is 11.8 Å². The number of carbonyl (C=O) groups is 1. The predicted molar refractivity (Wildman–Crippen MR) is 70.2 cm³/mol. The van der Waals surface area contributed by atoms with Gasteiger partial charge in [-0.2, -0.15) is 5.10 Å². The summed E-state index contributed by atoms with van der Waals surface area (Å²) in [5.74, 6) is 1.05. The van der Waals surface area contributed by atoms with Gasteiger partial charge in [-0.15, -0.1) is 0 Å². The second-order valence-electron chi connectivity index (χ2n) is 5.91. The molecular formula is C14H21N3O2. The third-order valence-corrected chi connectivity index (χ3v) is 4.47. The van der Waals surface area contributed by atoms with E-state index in [1.165, 1.54) is 0 Å². The summed E-state index contributed by atoms with van der Waals surface area (Å²) in [5.41, 5.74) is 1.07. The second kappa shape index (κ2) is 4.96. The minimum Gasteiger partial charge on any atom is -0.394 e. The normalized spacial score (nSPS) is 30.4. The van der Waals surface area contributed by atoms with Crippen molar-refractivity contribution in [3.05, 3.63) is 18.0 Å². The summed E-state index contributed by atoms with van der Waals surface area (Å²) >= 11 is 0. The Morgan fingerprint density at radius 2 is 2.32 bits per heavy atom. The van der Waals surface area contributed by atoms with Gasteiger partial charge < -0.3 is 10.0 Å². The number of nitrogens with zero attached hydrogens (tertiary/aromatic N) is 3. The van der Waals surface area contributed by atoms with E-state index in [9.17, 15) is 9.90 Å². The minimum absolute atomic E-state index is 0.0405. The summed E-state index contributed by atoms with van der Waals surface area (Å²) in [6.45, 7) is 3.58. The summed E-state index contributed by atoms with van der Waals surface area (Å²) in [4.78, 5) is 14.4. The number of amides is 1. The van der Waals surface area contributed by atoms with Gasteiger partial charge in [0.05, 0.1) is 24.9 Å². The van der Waals surface area contributed by atoms with Crippen LogP contribution in [0.2, 0.25) is 0 Å². The number of aliphatic hydroxyl groups is 1. The summed E-state index contributed by atoms with van der Waals surface area (Å²) < 4.78 is 1.94. The molecule has 0 saturated heterocycles. The van der Waals surface area contributed by atoms with E-state index >= 15 is 0 Å². The lowest BCUT2D eigenvalue weighted by molar-refractivity contribution is -0.143. The molecule has 1 atom stereocenters. The van der Waals surface area contributed by atoms with Crippen LogP contribution < -0.4 is 0 Å². The van der Waals surface area contributed by atoms with Gasteiger partial charge in [-0.3, -0.25) is 9.48 Å². The van der Waals surface area contributed by atoms with E-state index in [4.69, 9.17) is 0 Å². The van der Waals surface area contributed by atoms with Crippen LogP contribution in [0.5, 0.6) is 0 Å². The summed E-state index contributed by atoms with van der Waals surface area (Å²) in [5, 5.41) is 13.8. The number of fused-ring (bicyclic) bond motifs is 1. The Balaban J connectivity index is 1.78. The summed E-state index contributed by atoms with van der Waals surface area (Å²) in [7, 11) is 0. The van der Waals surface area contributed by atoms with Crippen molar-refractivity contribution in [3.8, 4) is 0 Å². The lowest BCUT2D eigenvalue weighted by Crippen LogP contribution is -2.47. The molecule has 0 unspecified atom stereocenters. The first-order valence-electron chi connectivity index (χ1n) is 7.11. The molecule has 1 aliphatic carbocycles. The molecule has 2 heterocycles. The van der Waals surface area contributed by atoms with E-state index in [-0.39, 0.29) is 24.5 Å². The van der Waals surface area contributed by atoms with Crippen molar-refractivity contribution in [3.63, 3.8) is 0 Å². The van der Waals surface area contributed by atoms with Crippen LogP contribution in [-0.4, -0.2) is 38.3 Å². The highest BCUT2D eigenvalue weighted by atomic mass is 16.3. The number of carbonyl (C=O) groups excluding carboxylic acids is 1. The first-order valence-corrected chi connectivity index (χ1v) is 7.11. The number of aromatic nitrogens is 2. The number of rotatable bonds is 2. The molecule has 104 valence electrons. The van der Waals surface area contributed by atoms with Crippen LogP contribution in [-0.2, 0) is 17.9 Å². The highest BCUT2D eigenvalue weighted by Gasteiger charge is 2.37. The highest BCUT2D eigenvalue weighted by molar-refractivity contribution is 5.80. The number of hydrogen-bond donors (Lipinski definition) is 1. The Hall–Kier alpha value is -1.36. The van der Waals surface area contributed by atoms with E-state index in [1.807, 2.05) is 15.6 Å². The predicted octanol–water partition coefficient (Wildman–Crippen LogP) is 1.02. The zero-order valence-electron chi connectivity index (χ0n) is 11.3. The molecule has 1 fully saturated rings. The van der Waals surface area contributed by atoms with Crippen LogP contribution in [0.15, 0.2) is 12.3 Å². The van der Waals surface area contributed by atoms with Gasteiger partial charge in [0.15, 0.2) is 0 Å². The lowest BCUT2D eigenvalue weighted by atomic mass is 9.75. The lowest BCUT2D eigenvalue weighted by Gasteiger charge is -2.38. The minimum atomic E-state index is -0.0647. The molecular weight excluding hydrogens is 242 g/mol. The molecule has 19 heavy (non-hydrogen) atoms. The Bertz CT molecular complexity index is 465. The van der Waals surface area contributed by atoms with Crippen LogP contribution in [0.4, 0.5) is 0 Å². The fourth-order valence-corrected chi connectivity index (χ4v) is 3.21. The molecule has 1 aromatic rings. The third kappa shape index (κ3) is 2.27. The number of aliphatic hydroxyl groups excluding tert-OH is 1. The van der Waals surface area contributed by atoms with Gasteiger partial charge in [0.1, 0.15) is 0 Å². The fourth-order valence-electron chi connectivity index (χ4n) is 3.21. The van der Waals surface area contributed by atoms with E-state index in [1.54, 1.807) is 6.20 Å². The number of aryl methyl sites for hydroxylation is 1. The maximum Gasteiger partial charge on any atom is 0.226 e. The molecule has 1 saturated carbocycles. The standard InChI is InChI=1S/C14H21N3O2/c1-10-6-11(7-10)14(19)16-8-12-2-4-15-17(12)5-3-13(16)9-18/h2,4,10-11,13,18H,3,5-9H2,1H3/t10?,11?,13-/m0/s1. The van der Waals surface area contributed by atoms with Gasteiger partial charge in [0, 0.05) is 18.7 Å². The van der Waals surface area contributed by atoms with Gasteiger partial charge in [-0.1, -0.05) is 6.92 Å². The molecule has 5 heteroatoms. The number of hydrogen-bond acceptors (Lipinski definition) is 3. The molecule has 0 aromatic carbocycles. The molecule has 1 N–H and O–H groups in total. The maximum atomic E-state index is 12.6. The van der Waals surface area contributed by atoms with E-state index in [0.717, 1.165) is 31.5 Å². The van der Waals surface area contributed by atoms with Gasteiger partial charge in [0.25, 0.3) is 0 Å². The van der Waals surface area contributed by atoms with E-state index < -0.39 is 0 Å². The van der Waals surface area contributed by atoms with Crippen molar-refractivity contribution in [2.75, 3.05) is 6.61 Å². The third-order valence-electron chi connectivity index (χ3n) is 4.47. The zero-order chi connectivity index (χ0) is 13.4. The van der Waals surface area contributed by atoms with Gasteiger partial charge in [0.2, 0.25) is 5.91 Å². The molecule has 0 radical (unpaired) electrons. The average Bonchev–Trinajstić information content (AvgIpc) is 2.74. The SMILES string of the molecule is CC1CC(C(=O)N2Cc3ccnn3CC[C@H]2CO)C1. The second-order valence-corrected chi connectivity index (χ2v) is 5.91. The monoisotopic (exact) mass is 263 g/mol. The largest absolute Gasteiger partial charge is 0.394 e. The first kappa shape index (κ1) is 12.7. The van der Waals surface area contributed by atoms with Crippen molar-refractivity contribution >= 4 is 5.91 Å². The van der Waals surface area contributed by atoms with Crippen molar-refractivity contribution < 1.29 is 9.90 Å². The van der Waals surface area contributed by atoms with Crippen molar-refractivity contribution in [1.29, 1.82) is 0 Å². The fraction of sp³-hybridized carbons (Fsp3) is 0.714. The van der Waals surface area contributed by atoms with Crippen LogP contribution in [0, 0.1) is 11.8 Å². The molecule has 2 aliphatic rings. The zero-order valence-corrected chi connectivity index (χ0v) is 11.3. The summed E-state index contributed by atoms with van der Waals surface area (Å²) in [6, 6.07) is 1.90. The molecule has 0 spiro atoms. The van der Waals surface area contributed by atoms with Crippen LogP contribution in [0.3, 0.4) is 0 Å². The first-order chi connectivity index (χ1) is 9.19. The Morgan fingerprint density at radius 3 is 3.00 bits per heavy atom. The highest BCUT2D eigenvalue weighted by Crippen LogP contribution is 2.35. The Morgan fingerprint density at radius 1 is 1.53 bits per heavy atom. The van der Waals surface area contributed by atoms with Crippen molar-refractivity contribution in [2.45, 2.75) is 45.3 Å². The van der Waals surface area contributed by atoms with E-state index in [2.05, 4.69) is 12.0 Å². The topological polar surface area (TPSA) is 58.4 Å². The van der Waals surface area contributed by atoms with Crippen LogP contribution in [0.25, 0.3) is 0 Å². The van der Waals surface area contributed by atoms with Gasteiger partial charge in [-0.05, 0) is 31.2 Å². The smallest absolute Gasteiger partial charge is 0.226 e.